The van der Waals surface area contributed by atoms with E-state index in [2.05, 4.69) is 45.0 Å². The molecular formula is C23H25NO2. The van der Waals surface area contributed by atoms with Crippen molar-refractivity contribution in [1.82, 2.24) is 0 Å². The zero-order valence-electron chi connectivity index (χ0n) is 16.0. The van der Waals surface area contributed by atoms with Crippen LogP contribution in [-0.4, -0.2) is 7.11 Å². The molecule has 0 spiro atoms. The number of nitrogen functional groups attached to an aromatic ring is 1. The summed E-state index contributed by atoms with van der Waals surface area (Å²) >= 11 is 0. The van der Waals surface area contributed by atoms with Gasteiger partial charge in [-0.05, 0) is 68.7 Å². The first kappa shape index (κ1) is 17.9. The summed E-state index contributed by atoms with van der Waals surface area (Å²) in [5, 5.41) is 0. The molecule has 3 aromatic carbocycles. The van der Waals surface area contributed by atoms with Gasteiger partial charge < -0.3 is 15.2 Å². The second kappa shape index (κ2) is 7.12. The fraction of sp³-hybridized carbons (Fsp3) is 0.217. The standard InChI is InChI=1S/C23H25NO2/c1-14-10-16(3)22(24)18(12-14)19-13-15(2)11-17(4)23(19)26-21-9-7-6-8-20(21)25-5/h6-13H,24H2,1-5H3. The lowest BCUT2D eigenvalue weighted by molar-refractivity contribution is 0.378. The van der Waals surface area contributed by atoms with Gasteiger partial charge in [0.05, 0.1) is 7.11 Å². The van der Waals surface area contributed by atoms with E-state index in [1.165, 1.54) is 11.1 Å². The molecule has 3 nitrogen and oxygen atoms in total. The average Bonchev–Trinajstić information content (AvgIpc) is 2.60. The summed E-state index contributed by atoms with van der Waals surface area (Å²) in [6, 6.07) is 16.1. The lowest BCUT2D eigenvalue weighted by Gasteiger charge is -2.19. The summed E-state index contributed by atoms with van der Waals surface area (Å²) < 4.78 is 11.8. The van der Waals surface area contributed by atoms with Gasteiger partial charge in [-0.1, -0.05) is 29.8 Å². The van der Waals surface area contributed by atoms with Crippen LogP contribution < -0.4 is 15.2 Å². The normalized spacial score (nSPS) is 10.7. The Hall–Kier alpha value is -2.94. The Balaban J connectivity index is 2.21. The molecule has 0 atom stereocenters. The van der Waals surface area contributed by atoms with Gasteiger partial charge >= 0.3 is 0 Å². The molecule has 3 heteroatoms. The zero-order valence-corrected chi connectivity index (χ0v) is 16.0. The van der Waals surface area contributed by atoms with Gasteiger partial charge in [0.15, 0.2) is 11.5 Å². The smallest absolute Gasteiger partial charge is 0.169 e. The molecule has 0 fully saturated rings. The highest BCUT2D eigenvalue weighted by Gasteiger charge is 2.17. The third kappa shape index (κ3) is 3.38. The van der Waals surface area contributed by atoms with Crippen molar-refractivity contribution < 1.29 is 9.47 Å². The molecule has 0 saturated heterocycles. The Morgan fingerprint density at radius 3 is 1.96 bits per heavy atom. The van der Waals surface area contributed by atoms with E-state index >= 15 is 0 Å². The van der Waals surface area contributed by atoms with Crippen molar-refractivity contribution in [3.05, 3.63) is 70.8 Å². The Morgan fingerprint density at radius 2 is 1.31 bits per heavy atom. The van der Waals surface area contributed by atoms with Crippen molar-refractivity contribution in [2.24, 2.45) is 0 Å². The molecule has 3 aromatic rings. The number of aryl methyl sites for hydroxylation is 4. The molecule has 0 aliphatic heterocycles. The molecule has 26 heavy (non-hydrogen) atoms. The first-order valence-corrected chi connectivity index (χ1v) is 8.70. The fourth-order valence-electron chi connectivity index (χ4n) is 3.30. The molecule has 3 rings (SSSR count). The zero-order chi connectivity index (χ0) is 18.8. The maximum absolute atomic E-state index is 6.42. The number of rotatable bonds is 4. The molecule has 0 amide bonds. The maximum atomic E-state index is 6.42. The molecule has 0 aromatic heterocycles. The van der Waals surface area contributed by atoms with E-state index in [1.807, 2.05) is 31.2 Å². The number of para-hydroxylation sites is 2. The van der Waals surface area contributed by atoms with Crippen LogP contribution in [0.3, 0.4) is 0 Å². The molecule has 0 unspecified atom stereocenters. The van der Waals surface area contributed by atoms with Gasteiger partial charge in [-0.25, -0.2) is 0 Å². The molecule has 0 aliphatic rings. The maximum Gasteiger partial charge on any atom is 0.169 e. The molecule has 0 aliphatic carbocycles. The Kier molecular flexibility index (Phi) is 4.90. The van der Waals surface area contributed by atoms with Crippen molar-refractivity contribution in [2.75, 3.05) is 12.8 Å². The molecule has 0 bridgehead atoms. The fourth-order valence-corrected chi connectivity index (χ4v) is 3.30. The number of hydrogen-bond donors (Lipinski definition) is 1. The van der Waals surface area contributed by atoms with Crippen LogP contribution in [-0.2, 0) is 0 Å². The van der Waals surface area contributed by atoms with Crippen molar-refractivity contribution in [3.8, 4) is 28.4 Å². The predicted molar refractivity (Wildman–Crippen MR) is 108 cm³/mol. The lowest BCUT2D eigenvalue weighted by atomic mass is 9.94. The van der Waals surface area contributed by atoms with Crippen LogP contribution in [0.5, 0.6) is 17.2 Å². The highest BCUT2D eigenvalue weighted by Crippen LogP contribution is 2.42. The Morgan fingerprint density at radius 1 is 0.731 bits per heavy atom. The van der Waals surface area contributed by atoms with E-state index in [1.54, 1.807) is 7.11 Å². The Labute approximate surface area is 155 Å². The van der Waals surface area contributed by atoms with Crippen LogP contribution in [0.25, 0.3) is 11.1 Å². The van der Waals surface area contributed by atoms with Gasteiger partial charge in [0.2, 0.25) is 0 Å². The van der Waals surface area contributed by atoms with Gasteiger partial charge in [0, 0.05) is 16.8 Å². The summed E-state index contributed by atoms with van der Waals surface area (Å²) in [5.41, 5.74) is 13.7. The van der Waals surface area contributed by atoms with Gasteiger partial charge in [-0.3, -0.25) is 0 Å². The number of ether oxygens (including phenoxy) is 2. The topological polar surface area (TPSA) is 44.5 Å². The summed E-state index contributed by atoms with van der Waals surface area (Å²) in [5.74, 6) is 2.19. The van der Waals surface area contributed by atoms with Gasteiger partial charge in [-0.15, -0.1) is 0 Å². The summed E-state index contributed by atoms with van der Waals surface area (Å²) in [4.78, 5) is 0. The van der Waals surface area contributed by atoms with E-state index in [9.17, 15) is 0 Å². The van der Waals surface area contributed by atoms with E-state index < -0.39 is 0 Å². The SMILES string of the molecule is COc1ccccc1Oc1c(C)cc(C)cc1-c1cc(C)cc(C)c1N. The van der Waals surface area contributed by atoms with E-state index in [-0.39, 0.29) is 0 Å². The van der Waals surface area contributed by atoms with E-state index in [0.29, 0.717) is 11.5 Å². The predicted octanol–water partition coefficient (Wildman–Crippen LogP) is 5.97. The molecule has 0 radical (unpaired) electrons. The minimum atomic E-state index is 0.686. The molecule has 0 heterocycles. The summed E-state index contributed by atoms with van der Waals surface area (Å²) in [6.45, 7) is 8.26. The first-order chi connectivity index (χ1) is 12.4. The van der Waals surface area contributed by atoms with Gasteiger partial charge in [0.1, 0.15) is 5.75 Å². The third-order valence-corrected chi connectivity index (χ3v) is 4.52. The first-order valence-electron chi connectivity index (χ1n) is 8.70. The number of benzene rings is 3. The molecular weight excluding hydrogens is 322 g/mol. The van der Waals surface area contributed by atoms with Gasteiger partial charge in [0.25, 0.3) is 0 Å². The van der Waals surface area contributed by atoms with Crippen molar-refractivity contribution in [1.29, 1.82) is 0 Å². The quantitative estimate of drug-likeness (QED) is 0.591. The average molecular weight is 347 g/mol. The second-order valence-electron chi connectivity index (χ2n) is 6.75. The van der Waals surface area contributed by atoms with Crippen LogP contribution >= 0.6 is 0 Å². The van der Waals surface area contributed by atoms with Crippen LogP contribution in [0.4, 0.5) is 5.69 Å². The number of hydrogen-bond acceptors (Lipinski definition) is 3. The van der Waals surface area contributed by atoms with E-state index in [4.69, 9.17) is 15.2 Å². The van der Waals surface area contributed by atoms with Crippen LogP contribution in [0, 0.1) is 27.7 Å². The van der Waals surface area contributed by atoms with Gasteiger partial charge in [-0.2, -0.15) is 0 Å². The van der Waals surface area contributed by atoms with Crippen LogP contribution in [0.15, 0.2) is 48.5 Å². The van der Waals surface area contributed by atoms with Crippen LogP contribution in [0.1, 0.15) is 22.3 Å². The minimum absolute atomic E-state index is 0.686. The van der Waals surface area contributed by atoms with Crippen molar-refractivity contribution in [2.45, 2.75) is 27.7 Å². The van der Waals surface area contributed by atoms with Crippen molar-refractivity contribution in [3.63, 3.8) is 0 Å². The number of methoxy groups -OCH3 is 1. The summed E-state index contributed by atoms with van der Waals surface area (Å²) in [7, 11) is 1.65. The van der Waals surface area contributed by atoms with E-state index in [0.717, 1.165) is 33.7 Å². The molecule has 2 N–H and O–H groups in total. The highest BCUT2D eigenvalue weighted by atomic mass is 16.5. The largest absolute Gasteiger partial charge is 0.493 e. The minimum Gasteiger partial charge on any atom is -0.493 e. The Bertz CT molecular complexity index is 961. The second-order valence-corrected chi connectivity index (χ2v) is 6.75. The summed E-state index contributed by atoms with van der Waals surface area (Å²) in [6.07, 6.45) is 0. The molecule has 134 valence electrons. The molecule has 0 saturated carbocycles. The van der Waals surface area contributed by atoms with Crippen LogP contribution in [0.2, 0.25) is 0 Å². The van der Waals surface area contributed by atoms with Crippen molar-refractivity contribution >= 4 is 5.69 Å². The highest BCUT2D eigenvalue weighted by molar-refractivity contribution is 5.84. The monoisotopic (exact) mass is 347 g/mol. The lowest BCUT2D eigenvalue weighted by Crippen LogP contribution is -1.99. The third-order valence-electron chi connectivity index (χ3n) is 4.52. The number of nitrogens with two attached hydrogens (primary N) is 1. The number of anilines is 1.